The average Bonchev–Trinajstić information content (AvgIpc) is 3.96. The summed E-state index contributed by atoms with van der Waals surface area (Å²) in [5.74, 6) is -1.07. The van der Waals surface area contributed by atoms with Crippen LogP contribution in [-0.2, 0) is 41.7 Å². The van der Waals surface area contributed by atoms with E-state index in [1.807, 2.05) is 0 Å². The monoisotopic (exact) mass is 934 g/mol. The van der Waals surface area contributed by atoms with Crippen LogP contribution < -0.4 is 22.6 Å². The number of nitrogens with two attached hydrogens (primary N) is 2. The molecule has 6 rings (SSSR count). The molecule has 61 heavy (non-hydrogen) atoms. The lowest BCUT2D eigenvalue weighted by atomic mass is 10.1. The molecule has 4 aromatic rings. The summed E-state index contributed by atoms with van der Waals surface area (Å²) in [6.45, 7) is -3.45. The van der Waals surface area contributed by atoms with Crippen LogP contribution in [0.4, 0.5) is 11.9 Å². The number of aliphatic hydroxyl groups excluding tert-OH is 2. The van der Waals surface area contributed by atoms with Crippen molar-refractivity contribution >= 4 is 78.7 Å². The van der Waals surface area contributed by atoms with E-state index >= 15 is 0 Å². The number of rotatable bonds is 23. The molecular weight excluding hydrogens is 883 g/mol. The van der Waals surface area contributed by atoms with Gasteiger partial charge in [-0.15, -0.1) is 0 Å². The molecule has 0 radical (unpaired) electrons. The summed E-state index contributed by atoms with van der Waals surface area (Å²) in [5, 5.41) is 22.9. The predicted molar refractivity (Wildman–Crippen MR) is 227 cm³/mol. The van der Waals surface area contributed by atoms with E-state index in [4.69, 9.17) is 39.2 Å². The smallest absolute Gasteiger partial charge is 0.386 e. The van der Waals surface area contributed by atoms with Gasteiger partial charge in [0.25, 0.3) is 11.1 Å². The van der Waals surface area contributed by atoms with Gasteiger partial charge in [0.2, 0.25) is 19.1 Å². The highest BCUT2D eigenvalue weighted by atomic mass is 32.7. The number of hydrogen-bond donors (Lipinski definition) is 8. The molecule has 338 valence electrons. The van der Waals surface area contributed by atoms with Crippen molar-refractivity contribution in [3.05, 3.63) is 33.4 Å². The molecule has 8 N–H and O–H groups in total. The summed E-state index contributed by atoms with van der Waals surface area (Å²) in [5.41, 5.74) is 9.94. The summed E-state index contributed by atoms with van der Waals surface area (Å²) in [7, 11) is -2.82. The molecule has 0 spiro atoms. The highest BCUT2D eigenvalue weighted by Gasteiger charge is 2.51. The summed E-state index contributed by atoms with van der Waals surface area (Å²) >= 11 is 7.88. The first-order valence-electron chi connectivity index (χ1n) is 20.0. The predicted octanol–water partition coefficient (Wildman–Crippen LogP) is 3.32. The third-order valence-electron chi connectivity index (χ3n) is 10.4. The van der Waals surface area contributed by atoms with Gasteiger partial charge < -0.3 is 40.4 Å². The summed E-state index contributed by atoms with van der Waals surface area (Å²) in [6, 6.07) is 0. The van der Waals surface area contributed by atoms with Gasteiger partial charge in [0, 0.05) is 6.42 Å². The van der Waals surface area contributed by atoms with Crippen molar-refractivity contribution in [3.63, 3.8) is 0 Å². The van der Waals surface area contributed by atoms with Gasteiger partial charge in [0.1, 0.15) is 30.5 Å². The standard InChI is InChI=1S/C34H52N10O13P2S2/c1-2-3-4-5-6-7-8-9-10-11-12-13-20(45)56-26-23(46)18(54-32(26)44-17-38-22-28(44)40-34(36)42-30(22)49)15-53-59(51,61)57-25-19(14-52-58(50)60)55-31(24(25)47)43-16-37-21-27(43)39-33(35)41-29(21)48/h16-19,23-26,31-32,46-47,58H,2-15H2,1H3,(H,50,60)(H,51,61)(H3,35,39,41,48)(H3,36,40,42,49)/t18-,19-,23+,24?,25+,26?,31?,32?,59?/m1/s1. The van der Waals surface area contributed by atoms with Crippen molar-refractivity contribution in [3.8, 4) is 0 Å². The van der Waals surface area contributed by atoms with Crippen molar-refractivity contribution in [1.82, 2.24) is 39.0 Å². The molecule has 0 aliphatic carbocycles. The van der Waals surface area contributed by atoms with Crippen LogP contribution >= 0.6 is 38.5 Å². The van der Waals surface area contributed by atoms with Crippen LogP contribution in [0, 0.1) is 0 Å². The first kappa shape index (κ1) is 47.1. The third kappa shape index (κ3) is 11.8. The second-order valence-electron chi connectivity index (χ2n) is 14.8. The van der Waals surface area contributed by atoms with E-state index in [1.165, 1.54) is 60.3 Å². The number of H-pyrrole nitrogens is 2. The zero-order chi connectivity index (χ0) is 43.8. The van der Waals surface area contributed by atoms with Gasteiger partial charge in [-0.05, 0) is 6.42 Å². The van der Waals surface area contributed by atoms with Crippen molar-refractivity contribution in [2.45, 2.75) is 133 Å². The van der Waals surface area contributed by atoms with Gasteiger partial charge in [-0.1, -0.05) is 95.6 Å². The normalized spacial score (nSPS) is 25.7. The number of anilines is 2. The highest BCUT2D eigenvalue weighted by Crippen LogP contribution is 2.57. The van der Waals surface area contributed by atoms with Crippen LogP contribution in [0.2, 0.25) is 0 Å². The number of nitrogen functional groups attached to an aromatic ring is 2. The minimum Gasteiger partial charge on any atom is -0.455 e. The number of nitrogens with zero attached hydrogens (tertiary/aromatic N) is 6. The minimum atomic E-state index is -4.52. The fourth-order valence-corrected chi connectivity index (χ4v) is 9.35. The molecule has 6 heterocycles. The lowest BCUT2D eigenvalue weighted by molar-refractivity contribution is -0.158. The van der Waals surface area contributed by atoms with Crippen LogP contribution in [0.3, 0.4) is 0 Å². The van der Waals surface area contributed by atoms with E-state index in [0.717, 1.165) is 25.7 Å². The zero-order valence-electron chi connectivity index (χ0n) is 33.2. The lowest BCUT2D eigenvalue weighted by Gasteiger charge is -2.24. The number of thiol groups is 2. The van der Waals surface area contributed by atoms with Gasteiger partial charge in [0.05, 0.1) is 25.9 Å². The molecule has 23 nitrogen and oxygen atoms in total. The number of carbonyl (C=O) groups excluding carboxylic acids is 1. The molecule has 2 aliphatic rings. The van der Waals surface area contributed by atoms with Crippen LogP contribution in [0.5, 0.6) is 0 Å². The molecule has 0 saturated carbocycles. The molecular formula is C34H52N10O13P2S2. The van der Waals surface area contributed by atoms with Crippen molar-refractivity contribution in [2.75, 3.05) is 24.7 Å². The Labute approximate surface area is 359 Å². The number of aromatic nitrogens is 8. The number of aromatic amines is 2. The Balaban J connectivity index is 1.12. The molecule has 10 atom stereocenters. The Morgan fingerprint density at radius 3 is 1.92 bits per heavy atom. The zero-order valence-corrected chi connectivity index (χ0v) is 36.9. The van der Waals surface area contributed by atoms with Gasteiger partial charge in [-0.3, -0.25) is 47.1 Å². The molecule has 2 saturated heterocycles. The summed E-state index contributed by atoms with van der Waals surface area (Å²) in [6.07, 6.45) is 2.99. The lowest BCUT2D eigenvalue weighted by Crippen LogP contribution is -2.37. The van der Waals surface area contributed by atoms with Gasteiger partial charge >= 0.3 is 12.8 Å². The van der Waals surface area contributed by atoms with Crippen molar-refractivity contribution < 1.29 is 51.9 Å². The largest absolute Gasteiger partial charge is 0.455 e. The van der Waals surface area contributed by atoms with Crippen LogP contribution in [-0.4, -0.2) is 105 Å². The molecule has 27 heteroatoms. The number of nitrogens with one attached hydrogen (secondary N) is 2. The van der Waals surface area contributed by atoms with E-state index in [0.29, 0.717) is 6.42 Å². The average molecular weight is 935 g/mol. The molecule has 2 aliphatic heterocycles. The Hall–Kier alpha value is -3.35. The Kier molecular flexibility index (Phi) is 16.5. The number of unbranched alkanes of at least 4 members (excludes halogenated alkanes) is 10. The number of imidazole rings is 2. The maximum Gasteiger partial charge on any atom is 0.386 e. The second-order valence-corrected chi connectivity index (χ2v) is 19.6. The van der Waals surface area contributed by atoms with Crippen LogP contribution in [0.1, 0.15) is 96.4 Å². The first-order valence-corrected chi connectivity index (χ1v) is 25.3. The van der Waals surface area contributed by atoms with Gasteiger partial charge in [0.15, 0.2) is 40.9 Å². The number of hydrogen-bond acceptors (Lipinski definition) is 19. The van der Waals surface area contributed by atoms with Crippen LogP contribution in [0.25, 0.3) is 22.3 Å². The number of ether oxygens (including phenoxy) is 3. The van der Waals surface area contributed by atoms with E-state index < -0.39 is 93.4 Å². The second kappa shape index (κ2) is 21.3. The van der Waals surface area contributed by atoms with Crippen molar-refractivity contribution in [2.24, 2.45) is 0 Å². The summed E-state index contributed by atoms with van der Waals surface area (Å²) < 4.78 is 62.3. The summed E-state index contributed by atoms with van der Waals surface area (Å²) in [4.78, 5) is 59.1. The van der Waals surface area contributed by atoms with Crippen molar-refractivity contribution in [1.29, 1.82) is 0 Å². The van der Waals surface area contributed by atoms with E-state index in [1.54, 1.807) is 0 Å². The topological polar surface area (TPSA) is 326 Å². The molecule has 4 aromatic heterocycles. The number of esters is 1. The third-order valence-corrected chi connectivity index (χ3v) is 12.8. The molecule has 0 amide bonds. The maximum atomic E-state index is 13.8. The van der Waals surface area contributed by atoms with Gasteiger partial charge in [-0.2, -0.15) is 9.97 Å². The van der Waals surface area contributed by atoms with E-state index in [9.17, 15) is 33.7 Å². The fraction of sp³-hybridized carbons (Fsp3) is 0.676. The molecule has 0 bridgehead atoms. The molecule has 2 fully saturated rings. The Morgan fingerprint density at radius 2 is 1.36 bits per heavy atom. The molecule has 6 unspecified atom stereocenters. The molecule has 0 aromatic carbocycles. The quantitative estimate of drug-likeness (QED) is 0.0229. The maximum absolute atomic E-state index is 13.8. The van der Waals surface area contributed by atoms with Crippen LogP contribution in [0.15, 0.2) is 22.2 Å². The number of aliphatic hydroxyl groups is 2. The van der Waals surface area contributed by atoms with E-state index in [-0.39, 0.29) is 40.6 Å². The number of fused-ring (bicyclic) bond motifs is 2. The SMILES string of the molecule is CCCCCCCCCCCCCC(=O)OC1C(n2cnc3c(=O)[nH]c(N)nc32)O[C@H](COP(=O)(S)O[C@@H]2C(O)C(n3cnc4c(=O)[nH]c(N)nc43)O[C@@H]2CO[PH](=O)S)[C@@H]1O. The van der Waals surface area contributed by atoms with E-state index in [2.05, 4.69) is 61.3 Å². The minimum absolute atomic E-state index is 0.0235. The fourth-order valence-electron chi connectivity index (χ4n) is 7.33. The Bertz CT molecular complexity index is 2310. The first-order chi connectivity index (χ1) is 29.2. The highest BCUT2D eigenvalue weighted by molar-refractivity contribution is 8.44. The Morgan fingerprint density at radius 1 is 0.836 bits per heavy atom. The van der Waals surface area contributed by atoms with Gasteiger partial charge in [-0.25, -0.2) is 14.5 Å². The number of carbonyl (C=O) groups is 1.